The van der Waals surface area contributed by atoms with E-state index in [-0.39, 0.29) is 12.1 Å². The van der Waals surface area contributed by atoms with Crippen molar-refractivity contribution in [1.82, 2.24) is 9.80 Å². The third kappa shape index (κ3) is 4.77. The van der Waals surface area contributed by atoms with Crippen LogP contribution >= 0.6 is 0 Å². The minimum Gasteiger partial charge on any atom is -0.449 e. The van der Waals surface area contributed by atoms with Gasteiger partial charge in [0.05, 0.1) is 12.6 Å². The van der Waals surface area contributed by atoms with Crippen LogP contribution in [0.25, 0.3) is 0 Å². The fourth-order valence-corrected chi connectivity index (χ4v) is 5.46. The molecule has 2 atom stereocenters. The Morgan fingerprint density at radius 2 is 1.59 bits per heavy atom. The number of carbonyl (C=O) groups excluding carboxylic acids is 1. The van der Waals surface area contributed by atoms with Crippen molar-refractivity contribution in [1.29, 1.82) is 0 Å². The number of rotatable bonds is 5. The first kappa shape index (κ1) is 19.5. The third-order valence-corrected chi connectivity index (χ3v) is 7.13. The predicted octanol–water partition coefficient (Wildman–Crippen LogP) is 2.99. The molecule has 27 heavy (non-hydrogen) atoms. The molecule has 0 bridgehead atoms. The van der Waals surface area contributed by atoms with E-state index in [1.54, 1.807) is 0 Å². The van der Waals surface area contributed by atoms with Crippen molar-refractivity contribution < 1.29 is 19.4 Å². The summed E-state index contributed by atoms with van der Waals surface area (Å²) in [4.78, 5) is 16.7. The molecule has 154 valence electrons. The number of epoxide rings is 1. The zero-order valence-electron chi connectivity index (χ0n) is 16.6. The number of amides is 1. The minimum atomic E-state index is -0.953. The third-order valence-electron chi connectivity index (χ3n) is 7.13. The summed E-state index contributed by atoms with van der Waals surface area (Å²) < 4.78 is 11.1. The molecule has 2 aliphatic heterocycles. The first-order valence-corrected chi connectivity index (χ1v) is 11.2. The monoisotopic (exact) mass is 380 g/mol. The van der Waals surface area contributed by atoms with Gasteiger partial charge in [0.15, 0.2) is 0 Å². The summed E-state index contributed by atoms with van der Waals surface area (Å²) in [6.45, 7) is 4.00. The average molecular weight is 381 g/mol. The van der Waals surface area contributed by atoms with Crippen LogP contribution < -0.4 is 0 Å². The molecule has 0 radical (unpaired) electrons. The number of ether oxygens (including phenoxy) is 2. The Kier molecular flexibility index (Phi) is 6.25. The predicted molar refractivity (Wildman–Crippen MR) is 102 cm³/mol. The van der Waals surface area contributed by atoms with Crippen LogP contribution in [0.4, 0.5) is 4.79 Å². The molecule has 0 aromatic rings. The van der Waals surface area contributed by atoms with Crippen LogP contribution in [0.2, 0.25) is 0 Å². The Morgan fingerprint density at radius 3 is 2.19 bits per heavy atom. The van der Waals surface area contributed by atoms with E-state index in [0.29, 0.717) is 38.1 Å². The molecule has 0 spiro atoms. The molecule has 2 saturated heterocycles. The minimum absolute atomic E-state index is 0.0817. The summed E-state index contributed by atoms with van der Waals surface area (Å²) >= 11 is 0. The summed E-state index contributed by atoms with van der Waals surface area (Å²) in [6.07, 6.45) is 12.3. The van der Waals surface area contributed by atoms with Gasteiger partial charge in [-0.05, 0) is 37.5 Å². The van der Waals surface area contributed by atoms with Gasteiger partial charge in [0.2, 0.25) is 5.79 Å². The van der Waals surface area contributed by atoms with Gasteiger partial charge in [-0.25, -0.2) is 4.79 Å². The first-order chi connectivity index (χ1) is 13.2. The number of nitrogens with zero attached hydrogens (tertiary/aromatic N) is 2. The molecule has 2 heterocycles. The number of hydrogen-bond donors (Lipinski definition) is 1. The van der Waals surface area contributed by atoms with E-state index < -0.39 is 5.79 Å². The lowest BCUT2D eigenvalue weighted by atomic mass is 9.80. The molecule has 0 aromatic heterocycles. The second kappa shape index (κ2) is 8.66. The molecule has 4 rings (SSSR count). The lowest BCUT2D eigenvalue weighted by Crippen LogP contribution is -2.58. The quantitative estimate of drug-likeness (QED) is 0.743. The molecule has 1 amide bonds. The molecule has 2 aliphatic carbocycles. The van der Waals surface area contributed by atoms with E-state index in [4.69, 9.17) is 9.47 Å². The van der Waals surface area contributed by atoms with Crippen molar-refractivity contribution >= 4 is 6.09 Å². The van der Waals surface area contributed by atoms with Crippen molar-refractivity contribution in [3.63, 3.8) is 0 Å². The van der Waals surface area contributed by atoms with Crippen LogP contribution in [0.15, 0.2) is 0 Å². The molecule has 6 heteroatoms. The maximum absolute atomic E-state index is 12.4. The highest BCUT2D eigenvalue weighted by molar-refractivity contribution is 5.67. The topological polar surface area (TPSA) is 65.5 Å². The van der Waals surface area contributed by atoms with Crippen molar-refractivity contribution in [2.45, 2.75) is 76.0 Å². The zero-order chi connectivity index (χ0) is 18.7. The van der Waals surface area contributed by atoms with E-state index in [1.807, 2.05) is 4.90 Å². The number of piperazine rings is 1. The van der Waals surface area contributed by atoms with Gasteiger partial charge in [0, 0.05) is 26.2 Å². The standard InChI is InChI=1S/C21H36N2O4/c24-20(26-15-17-7-3-1-4-8-17)23-13-11-22(12-14-23)19(21(25)16-27-21)18-9-5-2-6-10-18/h17-19,25H,1-16H2. The van der Waals surface area contributed by atoms with Crippen LogP contribution in [-0.2, 0) is 9.47 Å². The lowest BCUT2D eigenvalue weighted by Gasteiger charge is -2.44. The Morgan fingerprint density at radius 1 is 1.00 bits per heavy atom. The van der Waals surface area contributed by atoms with Gasteiger partial charge in [-0.2, -0.15) is 0 Å². The Hall–Kier alpha value is -0.850. The molecule has 2 saturated carbocycles. The van der Waals surface area contributed by atoms with Gasteiger partial charge >= 0.3 is 6.09 Å². The molecular formula is C21H36N2O4. The molecule has 0 aromatic carbocycles. The fourth-order valence-electron chi connectivity index (χ4n) is 5.46. The molecule has 2 unspecified atom stereocenters. The van der Waals surface area contributed by atoms with Crippen LogP contribution in [0, 0.1) is 11.8 Å². The Balaban J connectivity index is 1.26. The van der Waals surface area contributed by atoms with Crippen molar-refractivity contribution in [3.05, 3.63) is 0 Å². The van der Waals surface area contributed by atoms with Crippen LogP contribution in [0.1, 0.15) is 64.2 Å². The summed E-state index contributed by atoms with van der Waals surface area (Å²) in [5.41, 5.74) is 0. The van der Waals surface area contributed by atoms with Gasteiger partial charge in [0.25, 0.3) is 0 Å². The van der Waals surface area contributed by atoms with Crippen molar-refractivity contribution in [2.24, 2.45) is 11.8 Å². The van der Waals surface area contributed by atoms with E-state index in [0.717, 1.165) is 13.1 Å². The normalized spacial score (nSPS) is 32.3. The highest BCUT2D eigenvalue weighted by atomic mass is 16.7. The van der Waals surface area contributed by atoms with Crippen LogP contribution in [0.3, 0.4) is 0 Å². The Bertz CT molecular complexity index is 490. The first-order valence-electron chi connectivity index (χ1n) is 11.2. The number of hydrogen-bond acceptors (Lipinski definition) is 5. The molecule has 4 aliphatic rings. The smallest absolute Gasteiger partial charge is 0.409 e. The molecule has 6 nitrogen and oxygen atoms in total. The largest absolute Gasteiger partial charge is 0.449 e. The van der Waals surface area contributed by atoms with Crippen molar-refractivity contribution in [3.8, 4) is 0 Å². The van der Waals surface area contributed by atoms with Gasteiger partial charge in [-0.1, -0.05) is 38.5 Å². The molecule has 4 fully saturated rings. The molecule has 1 N–H and O–H groups in total. The maximum atomic E-state index is 12.4. The van der Waals surface area contributed by atoms with Crippen LogP contribution in [0.5, 0.6) is 0 Å². The van der Waals surface area contributed by atoms with Gasteiger partial charge in [0.1, 0.15) is 6.61 Å². The van der Waals surface area contributed by atoms with E-state index in [1.165, 1.54) is 64.2 Å². The van der Waals surface area contributed by atoms with E-state index >= 15 is 0 Å². The van der Waals surface area contributed by atoms with Crippen LogP contribution in [-0.4, -0.2) is 72.2 Å². The fraction of sp³-hybridized carbons (Fsp3) is 0.952. The number of aliphatic hydroxyl groups is 1. The van der Waals surface area contributed by atoms with Crippen molar-refractivity contribution in [2.75, 3.05) is 39.4 Å². The second-order valence-electron chi connectivity index (χ2n) is 9.08. The van der Waals surface area contributed by atoms with E-state index in [9.17, 15) is 9.90 Å². The lowest BCUT2D eigenvalue weighted by molar-refractivity contribution is -0.0836. The summed E-state index contributed by atoms with van der Waals surface area (Å²) in [6, 6.07) is 0.0817. The average Bonchev–Trinajstić information content (AvgIpc) is 3.46. The van der Waals surface area contributed by atoms with Gasteiger partial charge < -0.3 is 19.5 Å². The highest BCUT2D eigenvalue weighted by Gasteiger charge is 2.55. The van der Waals surface area contributed by atoms with Gasteiger partial charge in [-0.3, -0.25) is 4.90 Å². The second-order valence-corrected chi connectivity index (χ2v) is 9.08. The number of carbonyl (C=O) groups is 1. The maximum Gasteiger partial charge on any atom is 0.409 e. The molecular weight excluding hydrogens is 344 g/mol. The summed E-state index contributed by atoms with van der Waals surface area (Å²) in [5.74, 6) is 0.114. The highest BCUT2D eigenvalue weighted by Crippen LogP contribution is 2.41. The summed E-state index contributed by atoms with van der Waals surface area (Å²) in [7, 11) is 0. The SMILES string of the molecule is O=C(OCC1CCCCC1)N1CCN(C(C2CCCCC2)C2(O)CO2)CC1. The van der Waals surface area contributed by atoms with Gasteiger partial charge in [-0.15, -0.1) is 0 Å². The van der Waals surface area contributed by atoms with E-state index in [2.05, 4.69) is 4.90 Å². The zero-order valence-corrected chi connectivity index (χ0v) is 16.6. The summed E-state index contributed by atoms with van der Waals surface area (Å²) in [5, 5.41) is 10.7. The Labute approximate surface area is 163 Å².